The van der Waals surface area contributed by atoms with Crippen molar-refractivity contribution in [3.8, 4) is 22.3 Å². The maximum atomic E-state index is 5.01. The number of rotatable bonds is 0. The van der Waals surface area contributed by atoms with Gasteiger partial charge >= 0.3 is 0 Å². The molecule has 3 aromatic carbocycles. The molecular weight excluding hydrogens is 428 g/mol. The number of pyridine rings is 3. The second-order valence-corrected chi connectivity index (χ2v) is 9.63. The Morgan fingerprint density at radius 2 is 1.26 bits per heavy atom. The van der Waals surface area contributed by atoms with Crippen LogP contribution in [-0.2, 0) is 12.8 Å². The van der Waals surface area contributed by atoms with Crippen LogP contribution in [0.3, 0.4) is 0 Å². The lowest BCUT2D eigenvalue weighted by Gasteiger charge is -2.11. The lowest BCUT2D eigenvalue weighted by molar-refractivity contribution is 1.17. The van der Waals surface area contributed by atoms with Crippen LogP contribution in [0.2, 0.25) is 0 Å². The van der Waals surface area contributed by atoms with Crippen molar-refractivity contribution in [2.45, 2.75) is 12.8 Å². The molecule has 0 saturated heterocycles. The first-order valence-electron chi connectivity index (χ1n) is 12.1. The third-order valence-corrected chi connectivity index (χ3v) is 7.99. The monoisotopic (exact) mass is 446 g/mol. The number of nitrogens with zero attached hydrogens (tertiary/aromatic N) is 4. The van der Waals surface area contributed by atoms with Crippen molar-refractivity contribution in [3.63, 3.8) is 0 Å². The maximum absolute atomic E-state index is 5.01. The Morgan fingerprint density at radius 3 is 2.20 bits per heavy atom. The molecule has 4 heteroatoms. The molecule has 4 heterocycles. The first-order valence-corrected chi connectivity index (χ1v) is 12.1. The van der Waals surface area contributed by atoms with E-state index in [0.29, 0.717) is 0 Å². The zero-order valence-electron chi connectivity index (χ0n) is 18.8. The number of aromatic nitrogens is 4. The van der Waals surface area contributed by atoms with Crippen LogP contribution in [0.15, 0.2) is 85.2 Å². The summed E-state index contributed by atoms with van der Waals surface area (Å²) >= 11 is 0. The van der Waals surface area contributed by atoms with Gasteiger partial charge in [-0.1, -0.05) is 42.5 Å². The fourth-order valence-electron chi connectivity index (χ4n) is 6.55. The van der Waals surface area contributed by atoms with Gasteiger partial charge in [0.1, 0.15) is 16.8 Å². The highest BCUT2D eigenvalue weighted by atomic mass is 15.1. The van der Waals surface area contributed by atoms with Crippen LogP contribution < -0.4 is 0 Å². The molecule has 9 rings (SSSR count). The summed E-state index contributed by atoms with van der Waals surface area (Å²) in [6.07, 6.45) is 5.65. The van der Waals surface area contributed by atoms with E-state index in [0.717, 1.165) is 46.1 Å². The summed E-state index contributed by atoms with van der Waals surface area (Å²) in [5.74, 6) is 0. The first-order chi connectivity index (χ1) is 17.4. The fourth-order valence-corrected chi connectivity index (χ4v) is 6.55. The largest absolute Gasteiger partial charge is 0.260 e. The summed E-state index contributed by atoms with van der Waals surface area (Å²) in [4.78, 5) is 14.5. The molecule has 4 aromatic heterocycles. The lowest BCUT2D eigenvalue weighted by Crippen LogP contribution is -1.97. The Balaban J connectivity index is 1.39. The van der Waals surface area contributed by atoms with E-state index in [1.165, 1.54) is 49.9 Å². The van der Waals surface area contributed by atoms with Gasteiger partial charge in [0.2, 0.25) is 0 Å². The van der Waals surface area contributed by atoms with Crippen LogP contribution in [0.25, 0.3) is 60.9 Å². The summed E-state index contributed by atoms with van der Waals surface area (Å²) in [7, 11) is 0. The summed E-state index contributed by atoms with van der Waals surface area (Å²) in [6.45, 7) is 0. The molecule has 0 bridgehead atoms. The third kappa shape index (κ3) is 2.11. The van der Waals surface area contributed by atoms with E-state index in [1.54, 1.807) is 0 Å². The van der Waals surface area contributed by atoms with E-state index in [9.17, 15) is 0 Å². The van der Waals surface area contributed by atoms with E-state index < -0.39 is 0 Å². The predicted octanol–water partition coefficient (Wildman–Crippen LogP) is 6.73. The van der Waals surface area contributed by atoms with Crippen molar-refractivity contribution in [2.24, 2.45) is 0 Å². The second-order valence-electron chi connectivity index (χ2n) is 9.63. The van der Waals surface area contributed by atoms with Crippen molar-refractivity contribution in [1.82, 2.24) is 19.4 Å². The summed E-state index contributed by atoms with van der Waals surface area (Å²) < 4.78 is 2.12. The standard InChI is InChI=1S/C31H18N4/c1-2-6-18-17(5-1)15-24-19(18)9-10-20-21-11-12-23-28(26(21)16-25(20)24)22-7-3-13-32-29(22)35-30(23)34-27-8-4-14-33-31(27)35/h1-14H,15-16H2. The molecule has 0 spiro atoms. The van der Waals surface area contributed by atoms with Gasteiger partial charge in [0.05, 0.1) is 0 Å². The molecule has 35 heavy (non-hydrogen) atoms. The molecule has 0 radical (unpaired) electrons. The van der Waals surface area contributed by atoms with E-state index in [-0.39, 0.29) is 0 Å². The van der Waals surface area contributed by atoms with Gasteiger partial charge in [-0.15, -0.1) is 0 Å². The molecular formula is C31H18N4. The highest BCUT2D eigenvalue weighted by molar-refractivity contribution is 6.16. The van der Waals surface area contributed by atoms with Crippen molar-refractivity contribution in [2.75, 3.05) is 0 Å². The minimum absolute atomic E-state index is 0.854. The molecule has 7 aromatic rings. The number of hydrogen-bond donors (Lipinski definition) is 0. The topological polar surface area (TPSA) is 43.1 Å². The van der Waals surface area contributed by atoms with E-state index in [1.807, 2.05) is 30.6 Å². The minimum Gasteiger partial charge on any atom is -0.260 e. The predicted molar refractivity (Wildman–Crippen MR) is 140 cm³/mol. The summed E-state index contributed by atoms with van der Waals surface area (Å²) in [5.41, 5.74) is 14.9. The molecule has 0 aliphatic heterocycles. The third-order valence-electron chi connectivity index (χ3n) is 7.99. The molecule has 0 saturated carbocycles. The Bertz CT molecular complexity index is 2070. The smallest absolute Gasteiger partial charge is 0.166 e. The molecule has 0 atom stereocenters. The number of benzene rings is 3. The zero-order valence-corrected chi connectivity index (χ0v) is 18.8. The molecule has 0 fully saturated rings. The van der Waals surface area contributed by atoms with Crippen molar-refractivity contribution in [1.29, 1.82) is 0 Å². The van der Waals surface area contributed by atoms with E-state index in [4.69, 9.17) is 9.97 Å². The molecule has 0 amide bonds. The molecule has 2 aliphatic carbocycles. The van der Waals surface area contributed by atoms with Crippen LogP contribution >= 0.6 is 0 Å². The number of imidazole rings is 1. The Kier molecular flexibility index (Phi) is 3.11. The maximum Gasteiger partial charge on any atom is 0.166 e. The highest BCUT2D eigenvalue weighted by Gasteiger charge is 2.30. The molecule has 4 nitrogen and oxygen atoms in total. The number of hydrogen-bond acceptors (Lipinski definition) is 3. The van der Waals surface area contributed by atoms with Crippen molar-refractivity contribution in [3.05, 3.63) is 107 Å². The summed E-state index contributed by atoms with van der Waals surface area (Å²) in [6, 6.07) is 26.3. The van der Waals surface area contributed by atoms with Crippen LogP contribution in [0, 0.1) is 0 Å². The zero-order chi connectivity index (χ0) is 22.7. The summed E-state index contributed by atoms with van der Waals surface area (Å²) in [5, 5.41) is 3.59. The SMILES string of the molecule is c1ccc2c(c1)Cc1c-2ccc2c1Cc1c-2ccc2c1c1cccnc1n1c3ncccc3nc21. The van der Waals surface area contributed by atoms with Gasteiger partial charge < -0.3 is 0 Å². The Hall–Kier alpha value is -4.57. The van der Waals surface area contributed by atoms with Gasteiger partial charge in [0.15, 0.2) is 5.65 Å². The van der Waals surface area contributed by atoms with Crippen molar-refractivity contribution >= 4 is 38.6 Å². The van der Waals surface area contributed by atoms with E-state index in [2.05, 4.69) is 64.0 Å². The van der Waals surface area contributed by atoms with Gasteiger partial charge in [-0.2, -0.15) is 0 Å². The van der Waals surface area contributed by atoms with E-state index >= 15 is 0 Å². The quantitative estimate of drug-likeness (QED) is 0.243. The van der Waals surface area contributed by atoms with Crippen LogP contribution in [0.4, 0.5) is 0 Å². The second kappa shape index (κ2) is 6.10. The molecule has 0 unspecified atom stereocenters. The average molecular weight is 447 g/mol. The number of fused-ring (bicyclic) bond motifs is 16. The van der Waals surface area contributed by atoms with Gasteiger partial charge in [-0.05, 0) is 87.7 Å². The van der Waals surface area contributed by atoms with Crippen LogP contribution in [0.1, 0.15) is 22.3 Å². The van der Waals surface area contributed by atoms with Crippen LogP contribution in [0.5, 0.6) is 0 Å². The normalized spacial score (nSPS) is 13.5. The van der Waals surface area contributed by atoms with Crippen molar-refractivity contribution < 1.29 is 0 Å². The van der Waals surface area contributed by atoms with Crippen LogP contribution in [-0.4, -0.2) is 19.4 Å². The molecule has 2 aliphatic rings. The van der Waals surface area contributed by atoms with Gasteiger partial charge in [0, 0.05) is 28.6 Å². The van der Waals surface area contributed by atoms with Gasteiger partial charge in [-0.3, -0.25) is 4.40 Å². The average Bonchev–Trinajstić information content (AvgIpc) is 3.59. The fraction of sp³-hybridized carbons (Fsp3) is 0.0645. The Labute approximate surface area is 200 Å². The molecule has 162 valence electrons. The van der Waals surface area contributed by atoms with Gasteiger partial charge in [-0.25, -0.2) is 15.0 Å². The first kappa shape index (κ1) is 17.8. The molecule has 0 N–H and O–H groups in total. The Morgan fingerprint density at radius 1 is 0.543 bits per heavy atom. The lowest BCUT2D eigenvalue weighted by atomic mass is 9.96. The van der Waals surface area contributed by atoms with Gasteiger partial charge in [0.25, 0.3) is 0 Å². The minimum atomic E-state index is 0.854. The highest BCUT2D eigenvalue weighted by Crippen LogP contribution is 2.49.